The van der Waals surface area contributed by atoms with Crippen LogP contribution in [0.25, 0.3) is 5.65 Å². The van der Waals surface area contributed by atoms with E-state index in [0.717, 1.165) is 11.1 Å². The molecule has 0 aliphatic carbocycles. The van der Waals surface area contributed by atoms with Gasteiger partial charge in [-0.2, -0.15) is 0 Å². The molecule has 0 aliphatic rings. The van der Waals surface area contributed by atoms with E-state index in [1.165, 1.54) is 4.40 Å². The second-order valence-corrected chi connectivity index (χ2v) is 7.34. The van der Waals surface area contributed by atoms with Gasteiger partial charge >= 0.3 is 0 Å². The first kappa shape index (κ1) is 20.3. The number of fused-ring (bicyclic) bond motifs is 1. The van der Waals surface area contributed by atoms with E-state index in [4.69, 9.17) is 27.9 Å². The summed E-state index contributed by atoms with van der Waals surface area (Å²) in [5, 5.41) is 13.6. The molecule has 0 fully saturated rings. The predicted molar refractivity (Wildman–Crippen MR) is 109 cm³/mol. The molecule has 30 heavy (non-hydrogen) atoms. The summed E-state index contributed by atoms with van der Waals surface area (Å²) in [7, 11) is 0. The molecule has 0 saturated carbocycles. The largest absolute Gasteiger partial charge is 0.839 e. The van der Waals surface area contributed by atoms with Crippen LogP contribution in [0, 0.1) is 0 Å². The van der Waals surface area contributed by atoms with E-state index in [1.807, 2.05) is 6.07 Å². The fraction of sp³-hybridized carbons (Fsp3) is 0.143. The molecule has 152 valence electrons. The van der Waals surface area contributed by atoms with Gasteiger partial charge in [0.2, 0.25) is 11.5 Å². The SMILES string of the molecule is O=C(COCc1ccnc(Cl)c1)c1c([O-])[n+]2ccccc2n1Cc1ccc(Cl)nc1. The van der Waals surface area contributed by atoms with Crippen LogP contribution in [0.4, 0.5) is 0 Å². The number of carbonyl (C=O) groups is 1. The number of pyridine rings is 3. The second kappa shape index (κ2) is 8.79. The van der Waals surface area contributed by atoms with Gasteiger partial charge in [0.25, 0.3) is 5.65 Å². The zero-order chi connectivity index (χ0) is 21.1. The van der Waals surface area contributed by atoms with E-state index in [0.29, 0.717) is 22.5 Å². The summed E-state index contributed by atoms with van der Waals surface area (Å²) in [6.45, 7) is 0.225. The van der Waals surface area contributed by atoms with Crippen molar-refractivity contribution in [3.05, 3.63) is 88.2 Å². The molecule has 9 heteroatoms. The molecule has 4 rings (SSSR count). The van der Waals surface area contributed by atoms with E-state index < -0.39 is 11.7 Å². The maximum Gasteiger partial charge on any atom is 0.286 e. The molecule has 0 aliphatic heterocycles. The minimum Gasteiger partial charge on any atom is -0.839 e. The summed E-state index contributed by atoms with van der Waals surface area (Å²) in [6, 6.07) is 12.2. The van der Waals surface area contributed by atoms with Crippen LogP contribution >= 0.6 is 23.2 Å². The Hall–Kier alpha value is -3.00. The molecule has 0 radical (unpaired) electrons. The van der Waals surface area contributed by atoms with Gasteiger partial charge in [0.05, 0.1) is 12.8 Å². The van der Waals surface area contributed by atoms with Gasteiger partial charge in [-0.3, -0.25) is 4.79 Å². The highest BCUT2D eigenvalue weighted by Gasteiger charge is 2.26. The topological polar surface area (TPSA) is 84.2 Å². The predicted octanol–water partition coefficient (Wildman–Crippen LogP) is 2.85. The minimum absolute atomic E-state index is 0.0453. The molecule has 0 saturated heterocycles. The number of hydrogen-bond acceptors (Lipinski definition) is 5. The fourth-order valence-electron chi connectivity index (χ4n) is 3.14. The molecule has 4 aromatic heterocycles. The Kier molecular flexibility index (Phi) is 5.94. The van der Waals surface area contributed by atoms with Gasteiger partial charge in [-0.15, -0.1) is 0 Å². The number of ketones is 1. The Morgan fingerprint density at radius 3 is 2.73 bits per heavy atom. The minimum atomic E-state index is -0.411. The average molecular weight is 443 g/mol. The Balaban J connectivity index is 1.61. The molecule has 4 aromatic rings. The Morgan fingerprint density at radius 1 is 1.10 bits per heavy atom. The van der Waals surface area contributed by atoms with Gasteiger partial charge in [-0.1, -0.05) is 35.3 Å². The summed E-state index contributed by atoms with van der Waals surface area (Å²) in [6.07, 6.45) is 4.81. The molecule has 4 heterocycles. The fourth-order valence-corrected chi connectivity index (χ4v) is 3.45. The van der Waals surface area contributed by atoms with Gasteiger partial charge in [-0.25, -0.2) is 18.9 Å². The average Bonchev–Trinajstić information content (AvgIpc) is 3.02. The third-order valence-corrected chi connectivity index (χ3v) is 4.92. The maximum absolute atomic E-state index is 12.9. The number of hydrogen-bond donors (Lipinski definition) is 0. The third kappa shape index (κ3) is 4.28. The lowest BCUT2D eigenvalue weighted by Gasteiger charge is -2.07. The number of imidazole rings is 1. The number of carbonyl (C=O) groups excluding carboxylic acids is 1. The van der Waals surface area contributed by atoms with Crippen molar-refractivity contribution in [2.45, 2.75) is 13.2 Å². The Morgan fingerprint density at radius 2 is 1.97 bits per heavy atom. The van der Waals surface area contributed by atoms with Crippen molar-refractivity contribution < 1.29 is 19.0 Å². The number of aromatic nitrogens is 4. The van der Waals surface area contributed by atoms with Crippen molar-refractivity contribution in [3.8, 4) is 5.88 Å². The summed E-state index contributed by atoms with van der Waals surface area (Å²) in [5.74, 6) is -0.807. The number of halogens is 2. The van der Waals surface area contributed by atoms with E-state index in [2.05, 4.69) is 9.97 Å². The highest BCUT2D eigenvalue weighted by Crippen LogP contribution is 2.19. The number of ether oxygens (including phenoxy) is 1. The highest BCUT2D eigenvalue weighted by atomic mass is 35.5. The van der Waals surface area contributed by atoms with Crippen LogP contribution < -0.4 is 9.51 Å². The van der Waals surface area contributed by atoms with Crippen molar-refractivity contribution in [2.75, 3.05) is 6.61 Å². The van der Waals surface area contributed by atoms with Gasteiger partial charge in [0.15, 0.2) is 0 Å². The van der Waals surface area contributed by atoms with Crippen molar-refractivity contribution in [1.29, 1.82) is 0 Å². The zero-order valence-corrected chi connectivity index (χ0v) is 17.2. The monoisotopic (exact) mass is 442 g/mol. The summed E-state index contributed by atoms with van der Waals surface area (Å²) in [4.78, 5) is 20.9. The lowest BCUT2D eigenvalue weighted by Crippen LogP contribution is -2.24. The molecule has 0 unspecified atom stereocenters. The molecule has 0 atom stereocenters. The van der Waals surface area contributed by atoms with Crippen molar-refractivity contribution >= 4 is 34.6 Å². The molecule has 0 bridgehead atoms. The van der Waals surface area contributed by atoms with E-state index in [9.17, 15) is 9.90 Å². The molecular formula is C21H16Cl2N4O3. The molecule has 0 aromatic carbocycles. The Labute approximate surface area is 182 Å². The molecule has 7 nitrogen and oxygen atoms in total. The molecular weight excluding hydrogens is 427 g/mol. The zero-order valence-electron chi connectivity index (χ0n) is 15.7. The van der Waals surface area contributed by atoms with Crippen LogP contribution in [0.15, 0.2) is 61.1 Å². The van der Waals surface area contributed by atoms with Crippen LogP contribution in [0.1, 0.15) is 21.6 Å². The Bertz CT molecular complexity index is 1210. The lowest BCUT2D eigenvalue weighted by atomic mass is 10.2. The van der Waals surface area contributed by atoms with E-state index in [-0.39, 0.29) is 18.9 Å². The lowest BCUT2D eigenvalue weighted by molar-refractivity contribution is -0.582. The first-order valence-electron chi connectivity index (χ1n) is 9.04. The van der Waals surface area contributed by atoms with Gasteiger partial charge in [-0.05, 0) is 29.8 Å². The van der Waals surface area contributed by atoms with Crippen LogP contribution in [-0.2, 0) is 17.9 Å². The van der Waals surface area contributed by atoms with Gasteiger partial charge < -0.3 is 9.84 Å². The molecule has 0 N–H and O–H groups in total. The first-order valence-corrected chi connectivity index (χ1v) is 9.80. The van der Waals surface area contributed by atoms with Crippen LogP contribution in [0.2, 0.25) is 10.3 Å². The number of Topliss-reactive ketones (excluding diaryl/α,β-unsaturated/α-hetero) is 1. The summed E-state index contributed by atoms with van der Waals surface area (Å²) >= 11 is 11.7. The third-order valence-electron chi connectivity index (χ3n) is 4.49. The number of nitrogens with zero attached hydrogens (tertiary/aromatic N) is 4. The smallest absolute Gasteiger partial charge is 0.286 e. The van der Waals surface area contributed by atoms with Crippen LogP contribution in [0.3, 0.4) is 0 Å². The van der Waals surface area contributed by atoms with Crippen LogP contribution in [0.5, 0.6) is 5.88 Å². The normalized spacial score (nSPS) is 11.1. The molecule has 0 amide bonds. The number of rotatable bonds is 7. The van der Waals surface area contributed by atoms with Gasteiger partial charge in [0, 0.05) is 24.0 Å². The first-order chi connectivity index (χ1) is 14.5. The van der Waals surface area contributed by atoms with Gasteiger partial charge in [0.1, 0.15) is 29.3 Å². The van der Waals surface area contributed by atoms with E-state index in [1.54, 1.807) is 59.6 Å². The molecule has 0 spiro atoms. The summed E-state index contributed by atoms with van der Waals surface area (Å²) in [5.41, 5.74) is 2.24. The van der Waals surface area contributed by atoms with Crippen molar-refractivity contribution in [1.82, 2.24) is 14.5 Å². The van der Waals surface area contributed by atoms with E-state index >= 15 is 0 Å². The van der Waals surface area contributed by atoms with Crippen LogP contribution in [-0.4, -0.2) is 26.9 Å². The van der Waals surface area contributed by atoms with Crippen molar-refractivity contribution in [3.63, 3.8) is 0 Å². The second-order valence-electron chi connectivity index (χ2n) is 6.56. The maximum atomic E-state index is 12.9. The standard InChI is InChI=1S/C21H16Cl2N4O3/c22-17-5-4-15(10-25-17)11-27-19-3-1-2-8-26(19)21(29)20(27)16(28)13-30-12-14-6-7-24-18(23)9-14/h1-10H,11-13H2. The summed E-state index contributed by atoms with van der Waals surface area (Å²) < 4.78 is 8.65. The van der Waals surface area contributed by atoms with Crippen molar-refractivity contribution in [2.24, 2.45) is 0 Å². The quantitative estimate of drug-likeness (QED) is 0.249. The highest BCUT2D eigenvalue weighted by molar-refractivity contribution is 6.29.